The van der Waals surface area contributed by atoms with Crippen LogP contribution in [0, 0.1) is 0 Å². The normalized spacial score (nSPS) is 11.0. The van der Waals surface area contributed by atoms with Crippen LogP contribution >= 0.6 is 0 Å². The number of carbonyl (C=O) groups excluding carboxylic acids is 1. The van der Waals surface area contributed by atoms with Crippen molar-refractivity contribution in [1.29, 1.82) is 0 Å². The van der Waals surface area contributed by atoms with Crippen LogP contribution in [0.25, 0.3) is 0 Å². The first-order valence-electron chi connectivity index (χ1n) is 6.94. The fraction of sp³-hybridized carbons (Fsp3) is 0.375. The predicted molar refractivity (Wildman–Crippen MR) is 79.8 cm³/mol. The summed E-state index contributed by atoms with van der Waals surface area (Å²) in [6.07, 6.45) is 3.80. The van der Waals surface area contributed by atoms with Gasteiger partial charge in [-0.3, -0.25) is 4.79 Å². The van der Waals surface area contributed by atoms with Gasteiger partial charge in [0, 0.05) is 25.7 Å². The molecule has 0 saturated heterocycles. The fourth-order valence-electron chi connectivity index (χ4n) is 2.07. The number of nitrogens with two attached hydrogens (primary N) is 1. The molecule has 1 heterocycles. The van der Waals surface area contributed by atoms with Crippen LogP contribution in [-0.2, 0) is 13.0 Å². The van der Waals surface area contributed by atoms with Crippen molar-refractivity contribution >= 4 is 5.78 Å². The number of rotatable bonds is 6. The lowest BCUT2D eigenvalue weighted by Gasteiger charge is -2.06. The number of hydrogen-bond donors (Lipinski definition) is 1. The van der Waals surface area contributed by atoms with Crippen LogP contribution in [0.5, 0.6) is 0 Å². The summed E-state index contributed by atoms with van der Waals surface area (Å²) in [6, 6.07) is 8.20. The largest absolute Gasteiger partial charge is 0.335 e. The average Bonchev–Trinajstić information content (AvgIpc) is 2.88. The highest BCUT2D eigenvalue weighted by molar-refractivity contribution is 5.95. The summed E-state index contributed by atoms with van der Waals surface area (Å²) in [7, 11) is 0. The number of aromatic nitrogens is 2. The van der Waals surface area contributed by atoms with Gasteiger partial charge in [0.15, 0.2) is 5.78 Å². The van der Waals surface area contributed by atoms with Gasteiger partial charge in [-0.15, -0.1) is 0 Å². The van der Waals surface area contributed by atoms with E-state index in [1.807, 2.05) is 16.7 Å². The molecule has 0 aliphatic carbocycles. The minimum atomic E-state index is 0.0399. The van der Waals surface area contributed by atoms with Gasteiger partial charge < -0.3 is 10.3 Å². The second kappa shape index (κ2) is 6.48. The van der Waals surface area contributed by atoms with Gasteiger partial charge in [-0.1, -0.05) is 38.1 Å². The molecule has 2 rings (SSSR count). The molecule has 0 amide bonds. The Morgan fingerprint density at radius 3 is 2.60 bits per heavy atom. The van der Waals surface area contributed by atoms with E-state index in [-0.39, 0.29) is 5.78 Å². The van der Waals surface area contributed by atoms with E-state index >= 15 is 0 Å². The summed E-state index contributed by atoms with van der Waals surface area (Å²) >= 11 is 0. The van der Waals surface area contributed by atoms with Crippen molar-refractivity contribution in [1.82, 2.24) is 9.55 Å². The quantitative estimate of drug-likeness (QED) is 0.821. The summed E-state index contributed by atoms with van der Waals surface area (Å²) in [5.41, 5.74) is 8.29. The molecule has 0 spiro atoms. The molecule has 1 aromatic heterocycles. The van der Waals surface area contributed by atoms with E-state index < -0.39 is 0 Å². The Morgan fingerprint density at radius 1 is 1.30 bits per heavy atom. The van der Waals surface area contributed by atoms with E-state index in [9.17, 15) is 4.79 Å². The molecule has 4 heteroatoms. The van der Waals surface area contributed by atoms with Crippen LogP contribution in [-0.4, -0.2) is 21.9 Å². The molecule has 106 valence electrons. The molecule has 0 saturated carbocycles. The molecule has 2 aromatic rings. The van der Waals surface area contributed by atoms with Gasteiger partial charge >= 0.3 is 0 Å². The van der Waals surface area contributed by atoms with Gasteiger partial charge in [-0.2, -0.15) is 0 Å². The number of hydrogen-bond acceptors (Lipinski definition) is 3. The molecule has 2 N–H and O–H groups in total. The monoisotopic (exact) mass is 271 g/mol. The number of benzene rings is 1. The predicted octanol–water partition coefficient (Wildman–Crippen LogP) is 2.39. The first-order valence-corrected chi connectivity index (χ1v) is 6.94. The number of carbonyl (C=O) groups is 1. The van der Waals surface area contributed by atoms with Gasteiger partial charge in [0.2, 0.25) is 0 Å². The summed E-state index contributed by atoms with van der Waals surface area (Å²) < 4.78 is 1.84. The lowest BCUT2D eigenvalue weighted by Crippen LogP contribution is -2.08. The van der Waals surface area contributed by atoms with E-state index in [0.717, 1.165) is 5.56 Å². The van der Waals surface area contributed by atoms with Crippen LogP contribution in [0.15, 0.2) is 36.8 Å². The maximum atomic E-state index is 12.1. The molecule has 4 nitrogen and oxygen atoms in total. The summed E-state index contributed by atoms with van der Waals surface area (Å²) in [5, 5.41) is 0. The molecule has 1 aromatic carbocycles. The SMILES string of the molecule is CC(C)c1ccc(CC(=O)c2cn(CCN)cn2)cc1. The van der Waals surface area contributed by atoms with Crippen LogP contribution in [0.4, 0.5) is 0 Å². The van der Waals surface area contributed by atoms with Crippen molar-refractivity contribution < 1.29 is 4.79 Å². The van der Waals surface area contributed by atoms with E-state index in [1.165, 1.54) is 5.56 Å². The van der Waals surface area contributed by atoms with Crippen molar-refractivity contribution in [3.05, 3.63) is 53.6 Å². The summed E-state index contributed by atoms with van der Waals surface area (Å²) in [5.74, 6) is 0.546. The second-order valence-corrected chi connectivity index (χ2v) is 5.28. The molecule has 0 aliphatic rings. The number of ketones is 1. The van der Waals surface area contributed by atoms with Crippen LogP contribution in [0.2, 0.25) is 0 Å². The van der Waals surface area contributed by atoms with Crippen LogP contribution < -0.4 is 5.73 Å². The number of Topliss-reactive ketones (excluding diaryl/α,β-unsaturated/α-hetero) is 1. The van der Waals surface area contributed by atoms with Gasteiger partial charge in [0.05, 0.1) is 6.33 Å². The zero-order valence-corrected chi connectivity index (χ0v) is 12.0. The Kier molecular flexibility index (Phi) is 4.69. The average molecular weight is 271 g/mol. The van der Waals surface area contributed by atoms with Gasteiger partial charge in [0.25, 0.3) is 0 Å². The molecule has 0 radical (unpaired) electrons. The zero-order valence-electron chi connectivity index (χ0n) is 12.0. The fourth-order valence-corrected chi connectivity index (χ4v) is 2.07. The molecular weight excluding hydrogens is 250 g/mol. The molecule has 0 fully saturated rings. The van der Waals surface area contributed by atoms with E-state index in [1.54, 1.807) is 12.5 Å². The minimum Gasteiger partial charge on any atom is -0.335 e. The van der Waals surface area contributed by atoms with Crippen molar-refractivity contribution in [3.8, 4) is 0 Å². The van der Waals surface area contributed by atoms with Crippen molar-refractivity contribution in [2.24, 2.45) is 5.73 Å². The highest BCUT2D eigenvalue weighted by Gasteiger charge is 2.10. The Balaban J connectivity index is 2.03. The molecule has 20 heavy (non-hydrogen) atoms. The lowest BCUT2D eigenvalue weighted by molar-refractivity contribution is 0.0988. The van der Waals surface area contributed by atoms with Crippen molar-refractivity contribution in [2.75, 3.05) is 6.54 Å². The minimum absolute atomic E-state index is 0.0399. The van der Waals surface area contributed by atoms with E-state index in [4.69, 9.17) is 5.73 Å². The molecule has 0 bridgehead atoms. The van der Waals surface area contributed by atoms with E-state index in [2.05, 4.69) is 31.0 Å². The second-order valence-electron chi connectivity index (χ2n) is 5.28. The van der Waals surface area contributed by atoms with Crippen LogP contribution in [0.3, 0.4) is 0 Å². The topological polar surface area (TPSA) is 60.9 Å². The summed E-state index contributed by atoms with van der Waals surface area (Å²) in [4.78, 5) is 16.3. The Morgan fingerprint density at radius 2 is 2.00 bits per heavy atom. The third kappa shape index (κ3) is 3.54. The Labute approximate surface area is 119 Å². The van der Waals surface area contributed by atoms with Gasteiger partial charge in [0.1, 0.15) is 5.69 Å². The lowest BCUT2D eigenvalue weighted by atomic mass is 10.00. The van der Waals surface area contributed by atoms with Crippen LogP contribution in [0.1, 0.15) is 41.4 Å². The van der Waals surface area contributed by atoms with Gasteiger partial charge in [-0.05, 0) is 17.0 Å². The Bertz CT molecular complexity index is 570. The van der Waals surface area contributed by atoms with E-state index in [0.29, 0.717) is 31.1 Å². The third-order valence-corrected chi connectivity index (χ3v) is 3.32. The van der Waals surface area contributed by atoms with Crippen molar-refractivity contribution in [2.45, 2.75) is 32.7 Å². The maximum Gasteiger partial charge on any atom is 0.187 e. The molecular formula is C16H21N3O. The standard InChI is InChI=1S/C16H21N3O/c1-12(2)14-5-3-13(4-6-14)9-16(20)15-10-19(8-7-17)11-18-15/h3-6,10-12H,7-9,17H2,1-2H3. The Hall–Kier alpha value is -1.94. The van der Waals surface area contributed by atoms with Crippen molar-refractivity contribution in [3.63, 3.8) is 0 Å². The summed E-state index contributed by atoms with van der Waals surface area (Å²) in [6.45, 7) is 5.54. The third-order valence-electron chi connectivity index (χ3n) is 3.32. The molecule has 0 atom stereocenters. The molecule has 0 unspecified atom stereocenters. The first kappa shape index (κ1) is 14.5. The van der Waals surface area contributed by atoms with Gasteiger partial charge in [-0.25, -0.2) is 4.98 Å². The highest BCUT2D eigenvalue weighted by atomic mass is 16.1. The number of nitrogens with zero attached hydrogens (tertiary/aromatic N) is 2. The smallest absolute Gasteiger partial charge is 0.187 e. The number of imidazole rings is 1. The first-order chi connectivity index (χ1) is 9.60. The molecule has 0 aliphatic heterocycles. The highest BCUT2D eigenvalue weighted by Crippen LogP contribution is 2.15. The zero-order chi connectivity index (χ0) is 14.5. The maximum absolute atomic E-state index is 12.1.